The van der Waals surface area contributed by atoms with Crippen LogP contribution in [0.15, 0.2) is 0 Å². The van der Waals surface area contributed by atoms with E-state index in [4.69, 9.17) is 5.73 Å². The van der Waals surface area contributed by atoms with Crippen LogP contribution in [0.4, 0.5) is 0 Å². The molecule has 18 heavy (non-hydrogen) atoms. The minimum Gasteiger partial charge on any atom is -0.339 e. The van der Waals surface area contributed by atoms with Crippen molar-refractivity contribution >= 4 is 11.8 Å². The number of carbonyl (C=O) groups is 2. The van der Waals surface area contributed by atoms with Crippen molar-refractivity contribution in [3.05, 3.63) is 0 Å². The summed E-state index contributed by atoms with van der Waals surface area (Å²) in [7, 11) is 0. The van der Waals surface area contributed by atoms with Crippen LogP contribution in [0.5, 0.6) is 0 Å². The van der Waals surface area contributed by atoms with Crippen molar-refractivity contribution in [3.63, 3.8) is 0 Å². The molecule has 0 saturated carbocycles. The highest BCUT2D eigenvalue weighted by molar-refractivity contribution is 5.82. The lowest BCUT2D eigenvalue weighted by Gasteiger charge is -2.27. The van der Waals surface area contributed by atoms with Gasteiger partial charge in [-0.15, -0.1) is 0 Å². The van der Waals surface area contributed by atoms with Gasteiger partial charge in [0.15, 0.2) is 0 Å². The summed E-state index contributed by atoms with van der Waals surface area (Å²) in [4.78, 5) is 27.2. The van der Waals surface area contributed by atoms with Crippen molar-refractivity contribution in [2.75, 3.05) is 19.6 Å². The zero-order valence-corrected chi connectivity index (χ0v) is 11.8. The van der Waals surface area contributed by atoms with E-state index in [2.05, 4.69) is 0 Å². The summed E-state index contributed by atoms with van der Waals surface area (Å²) >= 11 is 0. The average Bonchev–Trinajstić information content (AvgIpc) is 2.76. The lowest BCUT2D eigenvalue weighted by molar-refractivity contribution is -0.134. The first-order chi connectivity index (χ1) is 8.38. The Morgan fingerprint density at radius 2 is 2.06 bits per heavy atom. The van der Waals surface area contributed by atoms with Gasteiger partial charge in [-0.2, -0.15) is 0 Å². The molecule has 0 aromatic heterocycles. The Morgan fingerprint density at radius 1 is 1.44 bits per heavy atom. The van der Waals surface area contributed by atoms with Gasteiger partial charge in [0.1, 0.15) is 0 Å². The number of rotatable bonds is 4. The number of nitrogens with two attached hydrogens (primary N) is 1. The molecule has 1 rings (SSSR count). The maximum Gasteiger partial charge on any atom is 0.239 e. The van der Waals surface area contributed by atoms with E-state index in [9.17, 15) is 9.59 Å². The molecular formula is C13H25N3O2. The highest BCUT2D eigenvalue weighted by atomic mass is 16.2. The van der Waals surface area contributed by atoms with Crippen molar-refractivity contribution in [3.8, 4) is 0 Å². The van der Waals surface area contributed by atoms with Gasteiger partial charge in [0.2, 0.25) is 11.8 Å². The number of amides is 2. The Balaban J connectivity index is 2.60. The van der Waals surface area contributed by atoms with Gasteiger partial charge >= 0.3 is 0 Å². The summed E-state index contributed by atoms with van der Waals surface area (Å²) in [6.07, 6.45) is 0.851. The lowest BCUT2D eigenvalue weighted by Crippen LogP contribution is -2.47. The van der Waals surface area contributed by atoms with E-state index < -0.39 is 6.04 Å². The molecule has 0 aliphatic carbocycles. The van der Waals surface area contributed by atoms with E-state index in [1.54, 1.807) is 11.8 Å². The van der Waals surface area contributed by atoms with E-state index >= 15 is 0 Å². The molecule has 1 aliphatic heterocycles. The minimum atomic E-state index is -0.434. The van der Waals surface area contributed by atoms with E-state index in [0.29, 0.717) is 19.6 Å². The maximum absolute atomic E-state index is 12.1. The summed E-state index contributed by atoms with van der Waals surface area (Å²) in [5, 5.41) is 0. The SMILES string of the molecule is CCN(C(C)=O)C1CCN(C(=O)[C@@H](N)C(C)C)C1. The first-order valence-electron chi connectivity index (χ1n) is 6.70. The van der Waals surface area contributed by atoms with Crippen LogP contribution >= 0.6 is 0 Å². The molecule has 0 bridgehead atoms. The summed E-state index contributed by atoms with van der Waals surface area (Å²) in [5.74, 6) is 0.226. The second kappa shape index (κ2) is 6.18. The molecule has 1 saturated heterocycles. The van der Waals surface area contributed by atoms with Crippen LogP contribution in [0.25, 0.3) is 0 Å². The van der Waals surface area contributed by atoms with Crippen LogP contribution in [0.1, 0.15) is 34.1 Å². The molecule has 5 nitrogen and oxygen atoms in total. The Bertz CT molecular complexity index is 317. The summed E-state index contributed by atoms with van der Waals surface area (Å²) < 4.78 is 0. The van der Waals surface area contributed by atoms with Gasteiger partial charge < -0.3 is 15.5 Å². The molecule has 1 fully saturated rings. The monoisotopic (exact) mass is 255 g/mol. The standard InChI is InChI=1S/C13H25N3O2/c1-5-16(10(4)17)11-6-7-15(8-11)13(18)12(14)9(2)3/h9,11-12H,5-8,14H2,1-4H3/t11?,12-/m0/s1. The molecule has 0 radical (unpaired) electrons. The van der Waals surface area contributed by atoms with Gasteiger partial charge in [0, 0.05) is 26.6 Å². The molecule has 0 aromatic rings. The molecule has 0 aromatic carbocycles. The second-order valence-corrected chi connectivity index (χ2v) is 5.30. The molecule has 0 spiro atoms. The van der Waals surface area contributed by atoms with Crippen LogP contribution in [-0.2, 0) is 9.59 Å². The van der Waals surface area contributed by atoms with Crippen LogP contribution < -0.4 is 5.73 Å². The smallest absolute Gasteiger partial charge is 0.239 e. The lowest BCUT2D eigenvalue weighted by atomic mass is 10.0. The molecular weight excluding hydrogens is 230 g/mol. The van der Waals surface area contributed by atoms with E-state index in [1.165, 1.54) is 0 Å². The average molecular weight is 255 g/mol. The van der Waals surface area contributed by atoms with Crippen molar-refractivity contribution in [1.82, 2.24) is 9.80 Å². The third-order valence-corrected chi connectivity index (χ3v) is 3.66. The molecule has 2 atom stereocenters. The summed E-state index contributed by atoms with van der Waals surface area (Å²) in [6.45, 7) is 9.45. The largest absolute Gasteiger partial charge is 0.339 e. The van der Waals surface area contributed by atoms with E-state index in [-0.39, 0.29) is 23.8 Å². The van der Waals surface area contributed by atoms with Crippen LogP contribution in [-0.4, -0.2) is 53.3 Å². The number of hydrogen-bond donors (Lipinski definition) is 1. The predicted molar refractivity (Wildman–Crippen MR) is 70.9 cm³/mol. The quantitative estimate of drug-likeness (QED) is 0.792. The summed E-state index contributed by atoms with van der Waals surface area (Å²) in [6, 6.07) is -0.285. The number of likely N-dealkylation sites (N-methyl/N-ethyl adjacent to an activating group) is 1. The normalized spacial score (nSPS) is 21.2. The third kappa shape index (κ3) is 3.22. The van der Waals surface area contributed by atoms with Gasteiger partial charge in [-0.1, -0.05) is 13.8 Å². The topological polar surface area (TPSA) is 66.6 Å². The number of nitrogens with zero attached hydrogens (tertiary/aromatic N) is 2. The van der Waals surface area contributed by atoms with Crippen molar-refractivity contribution in [2.45, 2.75) is 46.2 Å². The third-order valence-electron chi connectivity index (χ3n) is 3.66. The molecule has 104 valence electrons. The first kappa shape index (κ1) is 15.0. The molecule has 2 N–H and O–H groups in total. The van der Waals surface area contributed by atoms with Crippen LogP contribution in [0, 0.1) is 5.92 Å². The number of carbonyl (C=O) groups excluding carboxylic acids is 2. The van der Waals surface area contributed by atoms with Gasteiger partial charge in [-0.3, -0.25) is 9.59 Å². The predicted octanol–water partition coefficient (Wildman–Crippen LogP) is 0.439. The van der Waals surface area contributed by atoms with Crippen LogP contribution in [0.2, 0.25) is 0 Å². The van der Waals surface area contributed by atoms with Crippen molar-refractivity contribution in [1.29, 1.82) is 0 Å². The zero-order valence-electron chi connectivity index (χ0n) is 11.8. The highest BCUT2D eigenvalue weighted by Gasteiger charge is 2.33. The van der Waals surface area contributed by atoms with E-state index in [1.807, 2.05) is 25.7 Å². The van der Waals surface area contributed by atoms with E-state index in [0.717, 1.165) is 6.42 Å². The second-order valence-electron chi connectivity index (χ2n) is 5.30. The fourth-order valence-electron chi connectivity index (χ4n) is 2.43. The Hall–Kier alpha value is -1.10. The molecule has 2 amide bonds. The fraction of sp³-hybridized carbons (Fsp3) is 0.846. The highest BCUT2D eigenvalue weighted by Crippen LogP contribution is 2.17. The Labute approximate surface area is 109 Å². The minimum absolute atomic E-state index is 0.00658. The maximum atomic E-state index is 12.1. The van der Waals surface area contributed by atoms with Crippen molar-refractivity contribution < 1.29 is 9.59 Å². The van der Waals surface area contributed by atoms with Gasteiger partial charge in [-0.25, -0.2) is 0 Å². The molecule has 1 aliphatic rings. The first-order valence-corrected chi connectivity index (χ1v) is 6.70. The Morgan fingerprint density at radius 3 is 2.50 bits per heavy atom. The molecule has 1 heterocycles. The summed E-state index contributed by atoms with van der Waals surface area (Å²) in [5.41, 5.74) is 5.88. The van der Waals surface area contributed by atoms with Gasteiger partial charge in [-0.05, 0) is 19.3 Å². The van der Waals surface area contributed by atoms with Crippen molar-refractivity contribution in [2.24, 2.45) is 11.7 Å². The number of hydrogen-bond acceptors (Lipinski definition) is 3. The van der Waals surface area contributed by atoms with Crippen LogP contribution in [0.3, 0.4) is 0 Å². The van der Waals surface area contributed by atoms with Gasteiger partial charge in [0.05, 0.1) is 12.1 Å². The number of likely N-dealkylation sites (tertiary alicyclic amines) is 1. The Kier molecular flexibility index (Phi) is 5.14. The molecule has 1 unspecified atom stereocenters. The van der Waals surface area contributed by atoms with Gasteiger partial charge in [0.25, 0.3) is 0 Å². The molecule has 5 heteroatoms. The zero-order chi connectivity index (χ0) is 13.9. The fourth-order valence-corrected chi connectivity index (χ4v) is 2.43.